The molecule has 0 radical (unpaired) electrons. The fourth-order valence-electron chi connectivity index (χ4n) is 4.36. The minimum Gasteiger partial charge on any atom is -0.497 e. The summed E-state index contributed by atoms with van der Waals surface area (Å²) in [6.45, 7) is 7.46. The van der Waals surface area contributed by atoms with Crippen LogP contribution in [0.3, 0.4) is 0 Å². The van der Waals surface area contributed by atoms with Crippen LogP contribution in [0, 0.1) is 27.7 Å². The van der Waals surface area contributed by atoms with E-state index in [1.165, 1.54) is 19.2 Å². The lowest BCUT2D eigenvalue weighted by Crippen LogP contribution is -2.39. The Hall–Kier alpha value is -4.37. The van der Waals surface area contributed by atoms with Crippen LogP contribution in [0.4, 0.5) is 5.69 Å². The third-order valence-corrected chi connectivity index (χ3v) is 8.25. The van der Waals surface area contributed by atoms with Crippen molar-refractivity contribution in [2.45, 2.75) is 32.6 Å². The number of anilines is 1. The lowest BCUT2D eigenvalue weighted by Gasteiger charge is -2.24. The Bertz CT molecular complexity index is 1620. The van der Waals surface area contributed by atoms with Crippen molar-refractivity contribution in [1.29, 1.82) is 0 Å². The van der Waals surface area contributed by atoms with Gasteiger partial charge in [0.25, 0.3) is 15.9 Å². The maximum atomic E-state index is 13.6. The Balaban J connectivity index is 1.57. The van der Waals surface area contributed by atoms with E-state index < -0.39 is 22.5 Å². The van der Waals surface area contributed by atoms with E-state index in [0.717, 1.165) is 38.1 Å². The molecule has 0 aliphatic carbocycles. The highest BCUT2D eigenvalue weighted by Gasteiger charge is 2.27. The topological polar surface area (TPSA) is 93.0 Å². The van der Waals surface area contributed by atoms with Gasteiger partial charge in [-0.3, -0.25) is 9.10 Å². The maximum absolute atomic E-state index is 13.6. The fourth-order valence-corrected chi connectivity index (χ4v) is 5.77. The number of carbonyl (C=O) groups excluding carboxylic acids is 1. The average Bonchev–Trinajstić information content (AvgIpc) is 3.20. The zero-order chi connectivity index (χ0) is 28.2. The van der Waals surface area contributed by atoms with Gasteiger partial charge in [-0.15, -0.1) is 0 Å². The second-order valence-corrected chi connectivity index (χ2v) is 11.1. The lowest BCUT2D eigenvalue weighted by molar-refractivity contribution is -0.119. The molecule has 0 bridgehead atoms. The molecule has 0 atom stereocenters. The van der Waals surface area contributed by atoms with Gasteiger partial charge >= 0.3 is 0 Å². The van der Waals surface area contributed by atoms with Gasteiger partial charge in [0.2, 0.25) is 0 Å². The van der Waals surface area contributed by atoms with E-state index in [-0.39, 0.29) is 4.90 Å². The molecular formula is C30H32N4O4S. The summed E-state index contributed by atoms with van der Waals surface area (Å²) in [6.07, 6.45) is 1.57. The highest BCUT2D eigenvalue weighted by atomic mass is 32.2. The van der Waals surface area contributed by atoms with Gasteiger partial charge in [0, 0.05) is 28.7 Å². The Kier molecular flexibility index (Phi) is 8.21. The van der Waals surface area contributed by atoms with Gasteiger partial charge in [-0.25, -0.2) is 13.8 Å². The normalized spacial score (nSPS) is 11.5. The third-order valence-electron chi connectivity index (χ3n) is 6.46. The number of ether oxygens (including phenoxy) is 1. The van der Waals surface area contributed by atoms with E-state index in [1.54, 1.807) is 42.6 Å². The number of nitrogens with zero attached hydrogens (tertiary/aromatic N) is 3. The van der Waals surface area contributed by atoms with Crippen LogP contribution in [0.25, 0.3) is 5.69 Å². The first-order valence-corrected chi connectivity index (χ1v) is 13.9. The standard InChI is InChI=1S/C30H32N4O4S/c1-21-13-15-28(16-14-21)39(36,37)33(26-10-8-11-27(18-26)38-5)20-30(35)32-31-19-25-17-23(3)34(24(25)4)29-12-7-6-9-22(29)2/h6-19H,20H2,1-5H3,(H,32,35)/b31-19-. The maximum Gasteiger partial charge on any atom is 0.264 e. The number of methoxy groups -OCH3 is 1. The first-order chi connectivity index (χ1) is 18.6. The second-order valence-electron chi connectivity index (χ2n) is 9.27. The second kappa shape index (κ2) is 11.6. The number of hydrogen-bond acceptors (Lipinski definition) is 5. The van der Waals surface area contributed by atoms with Gasteiger partial charge in [-0.05, 0) is 69.7 Å². The molecule has 1 heterocycles. The number of benzene rings is 3. The number of aromatic nitrogens is 1. The van der Waals surface area contributed by atoms with E-state index >= 15 is 0 Å². The molecule has 8 nitrogen and oxygen atoms in total. The minimum absolute atomic E-state index is 0.0795. The van der Waals surface area contributed by atoms with Crippen LogP contribution in [-0.4, -0.2) is 38.8 Å². The number of aryl methyl sites for hydroxylation is 3. The molecule has 0 unspecified atom stereocenters. The molecule has 3 aromatic carbocycles. The van der Waals surface area contributed by atoms with Crippen molar-refractivity contribution in [1.82, 2.24) is 9.99 Å². The molecule has 4 aromatic rings. The summed E-state index contributed by atoms with van der Waals surface area (Å²) in [5.41, 5.74) is 8.77. The van der Waals surface area contributed by atoms with Gasteiger partial charge in [-0.1, -0.05) is 42.0 Å². The van der Waals surface area contributed by atoms with Crippen molar-refractivity contribution in [3.05, 3.63) is 107 Å². The van der Waals surface area contributed by atoms with Gasteiger partial charge in [0.05, 0.1) is 23.9 Å². The predicted octanol–water partition coefficient (Wildman–Crippen LogP) is 5.07. The molecular weight excluding hydrogens is 512 g/mol. The summed E-state index contributed by atoms with van der Waals surface area (Å²) >= 11 is 0. The summed E-state index contributed by atoms with van der Waals surface area (Å²) in [6, 6.07) is 23.1. The summed E-state index contributed by atoms with van der Waals surface area (Å²) in [4.78, 5) is 13.0. The van der Waals surface area contributed by atoms with E-state index in [4.69, 9.17) is 4.74 Å². The highest BCUT2D eigenvalue weighted by molar-refractivity contribution is 7.92. The summed E-state index contributed by atoms with van der Waals surface area (Å²) in [7, 11) is -2.55. The average molecular weight is 545 g/mol. The van der Waals surface area contributed by atoms with Crippen LogP contribution < -0.4 is 14.5 Å². The molecule has 4 rings (SSSR count). The SMILES string of the molecule is COc1cccc(N(CC(=O)N/N=C\c2cc(C)n(-c3ccccc3C)c2C)S(=O)(=O)c2ccc(C)cc2)c1. The third kappa shape index (κ3) is 6.04. The van der Waals surface area contributed by atoms with Crippen LogP contribution in [0.5, 0.6) is 5.75 Å². The molecule has 1 N–H and O–H groups in total. The lowest BCUT2D eigenvalue weighted by atomic mass is 10.2. The highest BCUT2D eigenvalue weighted by Crippen LogP contribution is 2.27. The van der Waals surface area contributed by atoms with E-state index in [0.29, 0.717) is 11.4 Å². The van der Waals surface area contributed by atoms with Crippen molar-refractivity contribution in [2.75, 3.05) is 18.0 Å². The molecule has 39 heavy (non-hydrogen) atoms. The van der Waals surface area contributed by atoms with Crippen molar-refractivity contribution in [3.63, 3.8) is 0 Å². The summed E-state index contributed by atoms with van der Waals surface area (Å²) in [5, 5.41) is 4.14. The molecule has 9 heteroatoms. The van der Waals surface area contributed by atoms with Gasteiger partial charge in [0.15, 0.2) is 0 Å². The van der Waals surface area contributed by atoms with Crippen LogP contribution in [0.1, 0.15) is 28.1 Å². The number of nitrogens with one attached hydrogen (secondary N) is 1. The van der Waals surface area contributed by atoms with Gasteiger partial charge in [0.1, 0.15) is 12.3 Å². The first kappa shape index (κ1) is 27.7. The van der Waals surface area contributed by atoms with Crippen molar-refractivity contribution in [3.8, 4) is 11.4 Å². The molecule has 0 saturated carbocycles. The number of hydrazone groups is 1. The summed E-state index contributed by atoms with van der Waals surface area (Å²) < 4.78 is 35.6. The van der Waals surface area contributed by atoms with Crippen molar-refractivity contribution < 1.29 is 17.9 Å². The molecule has 0 aliphatic rings. The largest absolute Gasteiger partial charge is 0.497 e. The molecule has 0 spiro atoms. The molecule has 202 valence electrons. The number of sulfonamides is 1. The van der Waals surface area contributed by atoms with E-state index in [2.05, 4.69) is 34.2 Å². The van der Waals surface area contributed by atoms with Gasteiger partial charge in [-0.2, -0.15) is 5.10 Å². The number of hydrogen-bond donors (Lipinski definition) is 1. The molecule has 0 saturated heterocycles. The fraction of sp³-hybridized carbons (Fsp3) is 0.200. The Labute approximate surface area is 229 Å². The Morgan fingerprint density at radius 3 is 2.38 bits per heavy atom. The van der Waals surface area contributed by atoms with E-state index in [9.17, 15) is 13.2 Å². The first-order valence-electron chi connectivity index (χ1n) is 12.4. The van der Waals surface area contributed by atoms with Crippen molar-refractivity contribution >= 4 is 27.8 Å². The van der Waals surface area contributed by atoms with Crippen LogP contribution in [0.15, 0.2) is 88.9 Å². The monoisotopic (exact) mass is 544 g/mol. The minimum atomic E-state index is -4.05. The number of amides is 1. The Morgan fingerprint density at radius 1 is 0.974 bits per heavy atom. The molecule has 1 aromatic heterocycles. The van der Waals surface area contributed by atoms with E-state index in [1.807, 2.05) is 39.0 Å². The van der Waals surface area contributed by atoms with Crippen LogP contribution >= 0.6 is 0 Å². The quantitative estimate of drug-likeness (QED) is 0.235. The predicted molar refractivity (Wildman–Crippen MR) is 154 cm³/mol. The molecule has 0 aliphatic heterocycles. The van der Waals surface area contributed by atoms with Crippen molar-refractivity contribution in [2.24, 2.45) is 5.10 Å². The number of rotatable bonds is 9. The van der Waals surface area contributed by atoms with Crippen LogP contribution in [-0.2, 0) is 14.8 Å². The molecule has 0 fully saturated rings. The van der Waals surface area contributed by atoms with Crippen LogP contribution in [0.2, 0.25) is 0 Å². The van der Waals surface area contributed by atoms with Gasteiger partial charge < -0.3 is 9.30 Å². The Morgan fingerprint density at radius 2 is 1.69 bits per heavy atom. The number of para-hydroxylation sites is 1. The zero-order valence-electron chi connectivity index (χ0n) is 22.7. The number of carbonyl (C=O) groups is 1. The smallest absolute Gasteiger partial charge is 0.264 e. The zero-order valence-corrected chi connectivity index (χ0v) is 23.5. The molecule has 1 amide bonds. The summed E-state index contributed by atoms with van der Waals surface area (Å²) in [5.74, 6) is -0.114.